The predicted molar refractivity (Wildman–Crippen MR) is 70.4 cm³/mol. The van der Waals surface area contributed by atoms with Crippen LogP contribution in [0.2, 0.25) is 0 Å². The molecule has 0 aliphatic carbocycles. The number of rotatable bonds is 3. The van der Waals surface area contributed by atoms with Crippen LogP contribution in [0.15, 0.2) is 27.2 Å². The Morgan fingerprint density at radius 1 is 1.71 bits per heavy atom. The third kappa shape index (κ3) is 3.24. The van der Waals surface area contributed by atoms with Gasteiger partial charge in [-0.3, -0.25) is 4.79 Å². The number of hydrogen-bond acceptors (Lipinski definition) is 4. The molecule has 0 saturated carbocycles. The highest BCUT2D eigenvalue weighted by Crippen LogP contribution is 2.10. The third-order valence-electron chi connectivity index (χ3n) is 1.89. The molecular formula is C10H9BrN4OS. The second-order valence-electron chi connectivity index (χ2n) is 3.22. The smallest absolute Gasteiger partial charge is 0.287 e. The van der Waals surface area contributed by atoms with Gasteiger partial charge in [-0.25, -0.2) is 10.4 Å². The molecule has 0 bridgehead atoms. The van der Waals surface area contributed by atoms with Gasteiger partial charge in [0.25, 0.3) is 5.91 Å². The Hall–Kier alpha value is -1.47. The summed E-state index contributed by atoms with van der Waals surface area (Å²) in [7, 11) is 0. The molecule has 0 fully saturated rings. The fourth-order valence-electron chi connectivity index (χ4n) is 1.16. The number of amides is 1. The molecule has 2 aromatic rings. The maximum Gasteiger partial charge on any atom is 0.287 e. The SMILES string of the molecule is Cc1nc(/C=N\NC(=O)c2cc(Br)c[nH]2)cs1. The number of nitrogens with zero attached hydrogens (tertiary/aromatic N) is 2. The van der Waals surface area contributed by atoms with Crippen molar-refractivity contribution in [2.45, 2.75) is 6.92 Å². The van der Waals surface area contributed by atoms with Crippen LogP contribution in [-0.2, 0) is 0 Å². The van der Waals surface area contributed by atoms with E-state index in [0.717, 1.165) is 15.2 Å². The molecule has 0 aliphatic heterocycles. The van der Waals surface area contributed by atoms with Crippen molar-refractivity contribution >= 4 is 39.4 Å². The maximum absolute atomic E-state index is 11.6. The van der Waals surface area contributed by atoms with Gasteiger partial charge >= 0.3 is 0 Å². The molecule has 0 spiro atoms. The first-order valence-corrected chi connectivity index (χ1v) is 6.42. The average molecular weight is 313 g/mol. The highest BCUT2D eigenvalue weighted by Gasteiger charge is 2.05. The van der Waals surface area contributed by atoms with Crippen LogP contribution in [0.1, 0.15) is 21.2 Å². The molecule has 2 aromatic heterocycles. The lowest BCUT2D eigenvalue weighted by Crippen LogP contribution is -2.17. The normalized spacial score (nSPS) is 10.9. The second kappa shape index (κ2) is 5.24. The number of thiazole rings is 1. The van der Waals surface area contributed by atoms with Gasteiger partial charge < -0.3 is 4.98 Å². The Bertz CT molecular complexity index is 560. The summed E-state index contributed by atoms with van der Waals surface area (Å²) >= 11 is 4.79. The zero-order valence-corrected chi connectivity index (χ0v) is 11.3. The number of nitrogens with one attached hydrogen (secondary N) is 2. The Morgan fingerprint density at radius 2 is 2.53 bits per heavy atom. The molecule has 2 heterocycles. The van der Waals surface area contributed by atoms with Gasteiger partial charge in [0.2, 0.25) is 0 Å². The number of carbonyl (C=O) groups is 1. The number of hydrogen-bond donors (Lipinski definition) is 2. The van der Waals surface area contributed by atoms with Crippen molar-refractivity contribution in [2.75, 3.05) is 0 Å². The molecule has 0 aromatic carbocycles. The second-order valence-corrected chi connectivity index (χ2v) is 5.20. The number of hydrazone groups is 1. The zero-order chi connectivity index (χ0) is 12.3. The van der Waals surface area contributed by atoms with E-state index in [1.54, 1.807) is 12.3 Å². The van der Waals surface area contributed by atoms with Gasteiger partial charge in [-0.15, -0.1) is 11.3 Å². The molecular weight excluding hydrogens is 304 g/mol. The first-order chi connectivity index (χ1) is 8.15. The summed E-state index contributed by atoms with van der Waals surface area (Å²) in [5.41, 5.74) is 3.60. The van der Waals surface area contributed by atoms with Crippen molar-refractivity contribution in [1.29, 1.82) is 0 Å². The molecule has 1 amide bonds. The van der Waals surface area contributed by atoms with Gasteiger partial charge in [0.05, 0.1) is 16.9 Å². The van der Waals surface area contributed by atoms with Gasteiger partial charge in [0.15, 0.2) is 0 Å². The quantitative estimate of drug-likeness (QED) is 0.674. The van der Waals surface area contributed by atoms with Gasteiger partial charge in [-0.2, -0.15) is 5.10 Å². The number of aryl methyl sites for hydroxylation is 1. The Morgan fingerprint density at radius 3 is 3.12 bits per heavy atom. The summed E-state index contributed by atoms with van der Waals surface area (Å²) in [4.78, 5) is 18.6. The van der Waals surface area contributed by atoms with E-state index in [4.69, 9.17) is 0 Å². The lowest BCUT2D eigenvalue weighted by Gasteiger charge is -1.94. The summed E-state index contributed by atoms with van der Waals surface area (Å²) in [6.45, 7) is 1.91. The summed E-state index contributed by atoms with van der Waals surface area (Å²) in [6.07, 6.45) is 3.20. The highest BCUT2D eigenvalue weighted by atomic mass is 79.9. The average Bonchev–Trinajstić information content (AvgIpc) is 2.88. The Balaban J connectivity index is 1.94. The van der Waals surface area contributed by atoms with Crippen molar-refractivity contribution in [3.8, 4) is 0 Å². The van der Waals surface area contributed by atoms with Crippen molar-refractivity contribution in [2.24, 2.45) is 5.10 Å². The number of carbonyl (C=O) groups excluding carboxylic acids is 1. The van der Waals surface area contributed by atoms with Crippen LogP contribution >= 0.6 is 27.3 Å². The van der Waals surface area contributed by atoms with Crippen LogP contribution in [0.25, 0.3) is 0 Å². The van der Waals surface area contributed by atoms with E-state index in [1.807, 2.05) is 12.3 Å². The topological polar surface area (TPSA) is 70.1 Å². The molecule has 0 radical (unpaired) electrons. The van der Waals surface area contributed by atoms with Crippen LogP contribution in [0, 0.1) is 6.92 Å². The molecule has 7 heteroatoms. The van der Waals surface area contributed by atoms with E-state index in [9.17, 15) is 4.79 Å². The summed E-state index contributed by atoms with van der Waals surface area (Å²) in [5, 5.41) is 6.66. The molecule has 0 atom stereocenters. The molecule has 5 nitrogen and oxygen atoms in total. The summed E-state index contributed by atoms with van der Waals surface area (Å²) in [5.74, 6) is -0.293. The highest BCUT2D eigenvalue weighted by molar-refractivity contribution is 9.10. The lowest BCUT2D eigenvalue weighted by molar-refractivity contribution is 0.0951. The molecule has 2 rings (SSSR count). The van der Waals surface area contributed by atoms with E-state index in [0.29, 0.717) is 5.69 Å². The van der Waals surface area contributed by atoms with Gasteiger partial charge in [-0.05, 0) is 28.9 Å². The van der Waals surface area contributed by atoms with Crippen LogP contribution in [0.5, 0.6) is 0 Å². The summed E-state index contributed by atoms with van der Waals surface area (Å²) in [6, 6.07) is 1.68. The van der Waals surface area contributed by atoms with E-state index in [-0.39, 0.29) is 5.91 Å². The van der Waals surface area contributed by atoms with Crippen LogP contribution < -0.4 is 5.43 Å². The van der Waals surface area contributed by atoms with Crippen molar-refractivity contribution in [3.05, 3.63) is 38.5 Å². The maximum atomic E-state index is 11.6. The lowest BCUT2D eigenvalue weighted by atomic mass is 10.4. The van der Waals surface area contributed by atoms with Crippen LogP contribution in [0.4, 0.5) is 0 Å². The molecule has 0 unspecified atom stereocenters. The predicted octanol–water partition coefficient (Wildman–Crippen LogP) is 2.31. The van der Waals surface area contributed by atoms with E-state index >= 15 is 0 Å². The first kappa shape index (κ1) is 12.0. The van der Waals surface area contributed by atoms with Gasteiger partial charge in [-0.1, -0.05) is 0 Å². The van der Waals surface area contributed by atoms with Crippen LogP contribution in [-0.4, -0.2) is 22.1 Å². The minimum Gasteiger partial charge on any atom is -0.356 e. The van der Waals surface area contributed by atoms with E-state index in [2.05, 4.69) is 36.4 Å². The first-order valence-electron chi connectivity index (χ1n) is 4.74. The van der Waals surface area contributed by atoms with Gasteiger partial charge in [0.1, 0.15) is 5.69 Å². The number of H-pyrrole nitrogens is 1. The zero-order valence-electron chi connectivity index (χ0n) is 8.90. The van der Waals surface area contributed by atoms with E-state index in [1.165, 1.54) is 17.6 Å². The largest absolute Gasteiger partial charge is 0.356 e. The molecule has 17 heavy (non-hydrogen) atoms. The molecule has 0 saturated heterocycles. The monoisotopic (exact) mass is 312 g/mol. The van der Waals surface area contributed by atoms with Crippen molar-refractivity contribution < 1.29 is 4.79 Å². The van der Waals surface area contributed by atoms with Crippen LogP contribution in [0.3, 0.4) is 0 Å². The number of aromatic amines is 1. The van der Waals surface area contributed by atoms with Crippen molar-refractivity contribution in [1.82, 2.24) is 15.4 Å². The van der Waals surface area contributed by atoms with Gasteiger partial charge in [0, 0.05) is 16.0 Å². The Kier molecular flexibility index (Phi) is 3.70. The summed E-state index contributed by atoms with van der Waals surface area (Å²) < 4.78 is 0.821. The van der Waals surface area contributed by atoms with Crippen molar-refractivity contribution in [3.63, 3.8) is 0 Å². The minimum absolute atomic E-state index is 0.293. The number of aromatic nitrogens is 2. The number of halogens is 1. The fraction of sp³-hybridized carbons (Fsp3) is 0.100. The molecule has 88 valence electrons. The fourth-order valence-corrected chi connectivity index (χ4v) is 2.06. The minimum atomic E-state index is -0.293. The Labute approximate surface area is 110 Å². The van der Waals surface area contributed by atoms with E-state index < -0.39 is 0 Å². The third-order valence-corrected chi connectivity index (χ3v) is 3.14. The molecule has 2 N–H and O–H groups in total. The standard InChI is InChI=1S/C10H9BrN4OS/c1-6-14-8(5-17-6)4-13-15-10(16)9-2-7(11)3-12-9/h2-5,12H,1H3,(H,15,16)/b13-4-. The molecule has 0 aliphatic rings.